The van der Waals surface area contributed by atoms with Crippen LogP contribution in [-0.4, -0.2) is 24.6 Å². The summed E-state index contributed by atoms with van der Waals surface area (Å²) >= 11 is 3.33. The van der Waals surface area contributed by atoms with Crippen LogP contribution in [0.15, 0.2) is 58.1 Å². The van der Waals surface area contributed by atoms with Crippen molar-refractivity contribution >= 4 is 39.6 Å². The fraction of sp³-hybridized carbons (Fsp3) is 0.211. The van der Waals surface area contributed by atoms with Gasteiger partial charge in [0.1, 0.15) is 12.2 Å². The van der Waals surface area contributed by atoms with Crippen LogP contribution in [0, 0.1) is 0 Å². The first-order valence-corrected chi connectivity index (χ1v) is 8.97. The molecule has 0 aliphatic rings. The minimum Gasteiger partial charge on any atom is -0.493 e. The molecule has 26 heavy (non-hydrogen) atoms. The molecule has 2 N–H and O–H groups in total. The van der Waals surface area contributed by atoms with Crippen LogP contribution in [-0.2, 0) is 9.59 Å². The van der Waals surface area contributed by atoms with E-state index in [1.165, 1.54) is 6.21 Å². The SMILES string of the molecule is CCCOc1ccccc1C=NNC(=O)CC(=O)Nc1ccccc1Br. The van der Waals surface area contributed by atoms with E-state index in [1.807, 2.05) is 37.3 Å². The highest BCUT2D eigenvalue weighted by molar-refractivity contribution is 9.10. The molecule has 0 aliphatic heterocycles. The number of ether oxygens (including phenoxy) is 1. The highest BCUT2D eigenvalue weighted by Crippen LogP contribution is 2.21. The lowest BCUT2D eigenvalue weighted by atomic mass is 10.2. The first-order chi connectivity index (χ1) is 12.6. The minimum atomic E-state index is -0.502. The third-order valence-corrected chi connectivity index (χ3v) is 3.93. The van der Waals surface area contributed by atoms with Crippen LogP contribution in [0.25, 0.3) is 0 Å². The monoisotopic (exact) mass is 417 g/mol. The van der Waals surface area contributed by atoms with Gasteiger partial charge in [0, 0.05) is 10.0 Å². The molecule has 0 saturated carbocycles. The number of hydrazone groups is 1. The van der Waals surface area contributed by atoms with Crippen LogP contribution >= 0.6 is 15.9 Å². The Morgan fingerprint density at radius 1 is 1.12 bits per heavy atom. The van der Waals surface area contributed by atoms with Gasteiger partial charge in [-0.1, -0.05) is 31.2 Å². The van der Waals surface area contributed by atoms with Crippen molar-refractivity contribution in [1.82, 2.24) is 5.43 Å². The van der Waals surface area contributed by atoms with Crippen LogP contribution in [0.1, 0.15) is 25.3 Å². The van der Waals surface area contributed by atoms with E-state index in [9.17, 15) is 9.59 Å². The number of para-hydroxylation sites is 2. The highest BCUT2D eigenvalue weighted by Gasteiger charge is 2.10. The van der Waals surface area contributed by atoms with Crippen molar-refractivity contribution in [3.05, 3.63) is 58.6 Å². The molecule has 0 aromatic heterocycles. The van der Waals surface area contributed by atoms with E-state index in [0.29, 0.717) is 18.0 Å². The Balaban J connectivity index is 1.86. The number of hydrogen-bond donors (Lipinski definition) is 2. The summed E-state index contributed by atoms with van der Waals surface area (Å²) in [5.74, 6) is -0.229. The predicted molar refractivity (Wildman–Crippen MR) is 105 cm³/mol. The summed E-state index contributed by atoms with van der Waals surface area (Å²) in [7, 11) is 0. The smallest absolute Gasteiger partial charge is 0.249 e. The maximum absolute atomic E-state index is 11.9. The second-order valence-electron chi connectivity index (χ2n) is 5.38. The zero-order chi connectivity index (χ0) is 18.8. The van der Waals surface area contributed by atoms with Crippen molar-refractivity contribution in [1.29, 1.82) is 0 Å². The Morgan fingerprint density at radius 3 is 2.62 bits per heavy atom. The van der Waals surface area contributed by atoms with Gasteiger partial charge in [0.05, 0.1) is 18.5 Å². The van der Waals surface area contributed by atoms with Gasteiger partial charge in [0.15, 0.2) is 0 Å². The molecule has 0 spiro atoms. The number of carbonyl (C=O) groups excluding carboxylic acids is 2. The number of carbonyl (C=O) groups is 2. The number of nitrogens with one attached hydrogen (secondary N) is 2. The fourth-order valence-corrected chi connectivity index (χ4v) is 2.43. The Hall–Kier alpha value is -2.67. The molecule has 2 rings (SSSR count). The fourth-order valence-electron chi connectivity index (χ4n) is 2.05. The van der Waals surface area contributed by atoms with Gasteiger partial charge in [-0.05, 0) is 46.6 Å². The zero-order valence-corrected chi connectivity index (χ0v) is 16.0. The minimum absolute atomic E-state index is 0.327. The van der Waals surface area contributed by atoms with Crippen LogP contribution in [0.2, 0.25) is 0 Å². The molecule has 0 atom stereocenters. The van der Waals surface area contributed by atoms with Gasteiger partial charge in [-0.3, -0.25) is 9.59 Å². The van der Waals surface area contributed by atoms with Crippen molar-refractivity contribution in [2.75, 3.05) is 11.9 Å². The number of nitrogens with zero attached hydrogens (tertiary/aromatic N) is 1. The van der Waals surface area contributed by atoms with Gasteiger partial charge in [-0.15, -0.1) is 0 Å². The van der Waals surface area contributed by atoms with E-state index in [1.54, 1.807) is 18.2 Å². The predicted octanol–water partition coefficient (Wildman–Crippen LogP) is 3.72. The lowest BCUT2D eigenvalue weighted by Crippen LogP contribution is -2.24. The normalized spacial score (nSPS) is 10.5. The summed E-state index contributed by atoms with van der Waals surface area (Å²) in [4.78, 5) is 23.8. The Morgan fingerprint density at radius 2 is 1.85 bits per heavy atom. The highest BCUT2D eigenvalue weighted by atomic mass is 79.9. The van der Waals surface area contributed by atoms with E-state index in [-0.39, 0.29) is 6.42 Å². The quantitative estimate of drug-likeness (QED) is 0.390. The maximum atomic E-state index is 11.9. The molecule has 0 saturated heterocycles. The van der Waals surface area contributed by atoms with Crippen molar-refractivity contribution in [3.8, 4) is 5.75 Å². The van der Waals surface area contributed by atoms with Crippen LogP contribution < -0.4 is 15.5 Å². The third kappa shape index (κ3) is 6.33. The maximum Gasteiger partial charge on any atom is 0.249 e. The standard InChI is InChI=1S/C19H20BrN3O3/c1-2-11-26-17-10-6-3-7-14(17)13-21-23-19(25)12-18(24)22-16-9-5-4-8-15(16)20/h3-10,13H,2,11-12H2,1H3,(H,22,24)(H,23,25). The number of hydrogen-bond acceptors (Lipinski definition) is 4. The molecule has 2 aromatic rings. The molecule has 0 heterocycles. The molecule has 0 fully saturated rings. The third-order valence-electron chi connectivity index (χ3n) is 3.24. The van der Waals surface area contributed by atoms with Crippen LogP contribution in [0.4, 0.5) is 5.69 Å². The number of amides is 2. The number of benzene rings is 2. The first-order valence-electron chi connectivity index (χ1n) is 8.18. The molecule has 0 bridgehead atoms. The average molecular weight is 418 g/mol. The molecule has 0 aliphatic carbocycles. The molecule has 136 valence electrons. The number of halogens is 1. The number of anilines is 1. The van der Waals surface area contributed by atoms with Crippen molar-refractivity contribution in [2.24, 2.45) is 5.10 Å². The zero-order valence-electron chi connectivity index (χ0n) is 14.4. The molecule has 0 unspecified atom stereocenters. The topological polar surface area (TPSA) is 79.8 Å². The van der Waals surface area contributed by atoms with Gasteiger partial charge >= 0.3 is 0 Å². The lowest BCUT2D eigenvalue weighted by molar-refractivity contribution is -0.126. The summed E-state index contributed by atoms with van der Waals surface area (Å²) in [6, 6.07) is 14.6. The van der Waals surface area contributed by atoms with E-state index >= 15 is 0 Å². The first kappa shape index (κ1) is 19.7. The molecule has 6 nitrogen and oxygen atoms in total. The van der Waals surface area contributed by atoms with E-state index in [0.717, 1.165) is 16.5 Å². The number of rotatable bonds is 8. The van der Waals surface area contributed by atoms with Gasteiger partial charge < -0.3 is 10.1 Å². The Kier molecular flexibility index (Phi) is 7.82. The van der Waals surface area contributed by atoms with Gasteiger partial charge in [-0.25, -0.2) is 5.43 Å². The van der Waals surface area contributed by atoms with Gasteiger partial charge in [0.25, 0.3) is 0 Å². The molecule has 7 heteroatoms. The lowest BCUT2D eigenvalue weighted by Gasteiger charge is -2.07. The molecular formula is C19H20BrN3O3. The van der Waals surface area contributed by atoms with Crippen LogP contribution in [0.5, 0.6) is 5.75 Å². The van der Waals surface area contributed by atoms with E-state index < -0.39 is 11.8 Å². The molecule has 2 aromatic carbocycles. The van der Waals surface area contributed by atoms with Gasteiger partial charge in [0.2, 0.25) is 11.8 Å². The average Bonchev–Trinajstić information content (AvgIpc) is 2.62. The Labute approximate surface area is 160 Å². The summed E-state index contributed by atoms with van der Waals surface area (Å²) in [6.45, 7) is 2.63. The van der Waals surface area contributed by atoms with E-state index in [4.69, 9.17) is 4.74 Å². The second-order valence-corrected chi connectivity index (χ2v) is 6.24. The van der Waals surface area contributed by atoms with Crippen molar-refractivity contribution < 1.29 is 14.3 Å². The summed E-state index contributed by atoms with van der Waals surface area (Å²) < 4.78 is 6.36. The Bertz CT molecular complexity index is 793. The molecule has 2 amide bonds. The molecule has 0 radical (unpaired) electrons. The second kappa shape index (κ2) is 10.4. The van der Waals surface area contributed by atoms with Gasteiger partial charge in [-0.2, -0.15) is 5.10 Å². The summed E-state index contributed by atoms with van der Waals surface area (Å²) in [5.41, 5.74) is 3.70. The largest absolute Gasteiger partial charge is 0.493 e. The summed E-state index contributed by atoms with van der Waals surface area (Å²) in [6.07, 6.45) is 2.07. The summed E-state index contributed by atoms with van der Waals surface area (Å²) in [5, 5.41) is 6.56. The molecular weight excluding hydrogens is 398 g/mol. The van der Waals surface area contributed by atoms with Crippen molar-refractivity contribution in [3.63, 3.8) is 0 Å². The van der Waals surface area contributed by atoms with Crippen molar-refractivity contribution in [2.45, 2.75) is 19.8 Å². The van der Waals surface area contributed by atoms with Crippen LogP contribution in [0.3, 0.4) is 0 Å². The van der Waals surface area contributed by atoms with E-state index in [2.05, 4.69) is 31.8 Å².